The lowest BCUT2D eigenvalue weighted by atomic mass is 10.1. The van der Waals surface area contributed by atoms with E-state index in [2.05, 4.69) is 25.4 Å². The van der Waals surface area contributed by atoms with Gasteiger partial charge < -0.3 is 19.1 Å². The van der Waals surface area contributed by atoms with Crippen molar-refractivity contribution in [3.05, 3.63) is 39.5 Å². The monoisotopic (exact) mass is 423 g/mol. The number of methoxy groups -OCH3 is 2. The molecule has 0 saturated heterocycles. The number of carbonyl (C=O) groups is 2. The molecule has 1 aliphatic heterocycles. The van der Waals surface area contributed by atoms with Crippen LogP contribution in [0.25, 0.3) is 0 Å². The van der Waals surface area contributed by atoms with Crippen LogP contribution in [0.1, 0.15) is 5.56 Å². The molecule has 10 heteroatoms. The molecule has 2 rings (SSSR count). The molecule has 0 fully saturated rings. The van der Waals surface area contributed by atoms with Crippen LogP contribution in [0.5, 0.6) is 0 Å². The van der Waals surface area contributed by atoms with E-state index in [0.717, 1.165) is 25.2 Å². The van der Waals surface area contributed by atoms with Gasteiger partial charge in [0.1, 0.15) is 12.4 Å². The molecule has 25 heavy (non-hydrogen) atoms. The molecule has 0 radical (unpaired) electrons. The molecule has 1 heterocycles. The number of anilines is 1. The minimum atomic E-state index is -4.68. The highest BCUT2D eigenvalue weighted by Gasteiger charge is 2.39. The molecule has 0 aromatic heterocycles. The van der Waals surface area contributed by atoms with Gasteiger partial charge in [-0.15, -0.1) is 0 Å². The van der Waals surface area contributed by atoms with Gasteiger partial charge in [0, 0.05) is 4.47 Å². The third kappa shape index (κ3) is 3.96. The smallest absolute Gasteiger partial charge is 0.418 e. The van der Waals surface area contributed by atoms with Crippen LogP contribution in [0.3, 0.4) is 0 Å². The molecule has 0 bridgehead atoms. The first-order chi connectivity index (χ1) is 11.7. The van der Waals surface area contributed by atoms with E-state index < -0.39 is 23.7 Å². The molecule has 0 unspecified atom stereocenters. The van der Waals surface area contributed by atoms with Crippen LogP contribution in [0, 0.1) is 0 Å². The second kappa shape index (κ2) is 7.44. The highest BCUT2D eigenvalue weighted by atomic mass is 79.9. The Morgan fingerprint density at radius 2 is 1.84 bits per heavy atom. The molecule has 1 aromatic rings. The first-order valence-corrected chi connectivity index (χ1v) is 7.61. The Morgan fingerprint density at radius 3 is 2.40 bits per heavy atom. The topological polar surface area (TPSA) is 65.1 Å². The summed E-state index contributed by atoms with van der Waals surface area (Å²) in [5.41, 5.74) is -1.94. The lowest BCUT2D eigenvalue weighted by molar-refractivity contribution is -0.141. The Labute approximate surface area is 149 Å². The molecule has 0 spiro atoms. The Kier molecular flexibility index (Phi) is 5.73. The average Bonchev–Trinajstić information content (AvgIpc) is 2.58. The molecule has 0 N–H and O–H groups in total. The minimum Gasteiger partial charge on any atom is -0.466 e. The Bertz CT molecular complexity index is 732. The maximum absolute atomic E-state index is 13.4. The summed E-state index contributed by atoms with van der Waals surface area (Å²) in [4.78, 5) is 25.0. The fraction of sp³-hybridized carbons (Fsp3) is 0.333. The van der Waals surface area contributed by atoms with Crippen molar-refractivity contribution in [3.63, 3.8) is 0 Å². The fourth-order valence-electron chi connectivity index (χ4n) is 2.30. The van der Waals surface area contributed by atoms with E-state index in [1.54, 1.807) is 0 Å². The highest BCUT2D eigenvalue weighted by Crippen LogP contribution is 2.40. The molecule has 0 atom stereocenters. The average molecular weight is 424 g/mol. The van der Waals surface area contributed by atoms with Crippen molar-refractivity contribution in [2.24, 2.45) is 0 Å². The summed E-state index contributed by atoms with van der Waals surface area (Å²) >= 11 is 3.10. The highest BCUT2D eigenvalue weighted by molar-refractivity contribution is 9.10. The van der Waals surface area contributed by atoms with Crippen LogP contribution in [0.4, 0.5) is 18.9 Å². The number of nitrogens with zero attached hydrogens (tertiary/aromatic N) is 1. The number of ether oxygens (including phenoxy) is 3. The van der Waals surface area contributed by atoms with Gasteiger partial charge in [0.2, 0.25) is 0 Å². The van der Waals surface area contributed by atoms with E-state index in [4.69, 9.17) is 4.74 Å². The quantitative estimate of drug-likeness (QED) is 0.696. The van der Waals surface area contributed by atoms with Crippen LogP contribution in [0.2, 0.25) is 0 Å². The van der Waals surface area contributed by atoms with Crippen molar-refractivity contribution in [2.45, 2.75) is 6.18 Å². The molecule has 1 aliphatic rings. The molecule has 136 valence electrons. The van der Waals surface area contributed by atoms with Crippen molar-refractivity contribution < 1.29 is 37.0 Å². The van der Waals surface area contributed by atoms with Crippen LogP contribution < -0.4 is 4.90 Å². The van der Waals surface area contributed by atoms with Crippen LogP contribution in [-0.2, 0) is 30.0 Å². The van der Waals surface area contributed by atoms with Gasteiger partial charge >= 0.3 is 18.1 Å². The van der Waals surface area contributed by atoms with Crippen molar-refractivity contribution in [2.75, 3.05) is 32.5 Å². The summed E-state index contributed by atoms with van der Waals surface area (Å²) in [6.07, 6.45) is -4.68. The summed E-state index contributed by atoms with van der Waals surface area (Å²) in [6.45, 7) is -0.659. The first kappa shape index (κ1) is 19.3. The maximum atomic E-state index is 13.4. The molecular formula is C15H13BrF3NO5. The summed E-state index contributed by atoms with van der Waals surface area (Å²) in [7, 11) is 2.15. The molecule has 1 aromatic carbocycles. The van der Waals surface area contributed by atoms with Gasteiger partial charge in [-0.3, -0.25) is 0 Å². The SMILES string of the molecule is COC(=O)C1=C(C(=O)OC)N(c2cc(Br)ccc2C(F)(F)F)COC1. The van der Waals surface area contributed by atoms with Crippen molar-refractivity contribution in [1.82, 2.24) is 0 Å². The number of alkyl halides is 3. The molecule has 0 saturated carbocycles. The summed E-state index contributed by atoms with van der Waals surface area (Å²) in [5.74, 6) is -1.87. The number of carbonyl (C=O) groups excluding carboxylic acids is 2. The van der Waals surface area contributed by atoms with Crippen LogP contribution >= 0.6 is 15.9 Å². The lowest BCUT2D eigenvalue weighted by Gasteiger charge is -2.33. The van der Waals surface area contributed by atoms with Crippen molar-refractivity contribution in [3.8, 4) is 0 Å². The Balaban J connectivity index is 2.70. The number of hydrogen-bond donors (Lipinski definition) is 0. The summed E-state index contributed by atoms with van der Waals surface area (Å²) < 4.78 is 54.8. The number of esters is 2. The molecule has 0 amide bonds. The second-order valence-corrected chi connectivity index (χ2v) is 5.79. The van der Waals surface area contributed by atoms with E-state index in [0.29, 0.717) is 4.47 Å². The second-order valence-electron chi connectivity index (χ2n) is 4.88. The van der Waals surface area contributed by atoms with Gasteiger partial charge in [-0.25, -0.2) is 9.59 Å². The largest absolute Gasteiger partial charge is 0.466 e. The van der Waals surface area contributed by atoms with Crippen molar-refractivity contribution >= 4 is 33.6 Å². The Hall–Kier alpha value is -2.07. The van der Waals surface area contributed by atoms with Gasteiger partial charge in [-0.05, 0) is 18.2 Å². The van der Waals surface area contributed by atoms with E-state index in [-0.39, 0.29) is 30.3 Å². The lowest BCUT2D eigenvalue weighted by Crippen LogP contribution is -2.39. The molecular weight excluding hydrogens is 411 g/mol. The summed E-state index contributed by atoms with van der Waals surface area (Å²) in [5, 5.41) is 0. The first-order valence-electron chi connectivity index (χ1n) is 6.82. The predicted octanol–water partition coefficient (Wildman–Crippen LogP) is 2.86. The van der Waals surface area contributed by atoms with Gasteiger partial charge in [-0.2, -0.15) is 13.2 Å². The molecule has 6 nitrogen and oxygen atoms in total. The third-order valence-electron chi connectivity index (χ3n) is 3.39. The predicted molar refractivity (Wildman–Crippen MR) is 83.5 cm³/mol. The van der Waals surface area contributed by atoms with E-state index in [1.807, 2.05) is 0 Å². The number of rotatable bonds is 3. The normalized spacial score (nSPS) is 15.2. The van der Waals surface area contributed by atoms with E-state index in [1.165, 1.54) is 12.1 Å². The zero-order valence-corrected chi connectivity index (χ0v) is 14.7. The Morgan fingerprint density at radius 1 is 1.20 bits per heavy atom. The number of benzene rings is 1. The molecule has 0 aliphatic carbocycles. The third-order valence-corrected chi connectivity index (χ3v) is 3.88. The van der Waals surface area contributed by atoms with Crippen LogP contribution in [-0.4, -0.2) is 39.5 Å². The zero-order chi connectivity index (χ0) is 18.8. The summed E-state index contributed by atoms with van der Waals surface area (Å²) in [6, 6.07) is 3.26. The van der Waals surface area contributed by atoms with Gasteiger partial charge in [-0.1, -0.05) is 15.9 Å². The van der Waals surface area contributed by atoms with Gasteiger partial charge in [0.05, 0.1) is 37.7 Å². The van der Waals surface area contributed by atoms with Gasteiger partial charge in [0.15, 0.2) is 0 Å². The fourth-order valence-corrected chi connectivity index (χ4v) is 2.65. The van der Waals surface area contributed by atoms with Gasteiger partial charge in [0.25, 0.3) is 0 Å². The van der Waals surface area contributed by atoms with E-state index in [9.17, 15) is 22.8 Å². The van der Waals surface area contributed by atoms with Crippen LogP contribution in [0.15, 0.2) is 33.9 Å². The zero-order valence-electron chi connectivity index (χ0n) is 13.1. The number of hydrogen-bond acceptors (Lipinski definition) is 6. The van der Waals surface area contributed by atoms with E-state index >= 15 is 0 Å². The van der Waals surface area contributed by atoms with Crippen molar-refractivity contribution in [1.29, 1.82) is 0 Å². The maximum Gasteiger partial charge on any atom is 0.418 e. The minimum absolute atomic E-state index is 0.228. The standard InChI is InChI=1S/C15H13BrF3NO5/c1-23-13(21)9-6-25-7-20(12(9)14(22)24-2)11-5-8(16)3-4-10(11)15(17,18)19/h3-5H,6-7H2,1-2H3. The number of halogens is 4.